The van der Waals surface area contributed by atoms with Crippen molar-refractivity contribution in [2.75, 3.05) is 0 Å². The van der Waals surface area contributed by atoms with Gasteiger partial charge in [-0.3, -0.25) is 4.79 Å². The molecule has 0 unspecified atom stereocenters. The maximum atomic E-state index is 13.0. The molecule has 4 aromatic heterocycles. The van der Waals surface area contributed by atoms with Gasteiger partial charge in [0.1, 0.15) is 11.5 Å². The van der Waals surface area contributed by atoms with Gasteiger partial charge in [-0.05, 0) is 41.9 Å². The fraction of sp³-hybridized carbons (Fsp3) is 0.200. The zero-order chi connectivity index (χ0) is 18.6. The number of furan rings is 1. The molecule has 4 aromatic rings. The van der Waals surface area contributed by atoms with Gasteiger partial charge in [-0.1, -0.05) is 12.1 Å². The zero-order valence-corrected chi connectivity index (χ0v) is 16.4. The number of hydrogen-bond donors (Lipinski definition) is 0. The normalized spacial score (nSPS) is 11.0. The van der Waals surface area contributed by atoms with E-state index in [9.17, 15) is 4.79 Å². The summed E-state index contributed by atoms with van der Waals surface area (Å²) in [5, 5.41) is 3.99. The highest BCUT2D eigenvalue weighted by Crippen LogP contribution is 2.26. The molecule has 0 aliphatic rings. The van der Waals surface area contributed by atoms with E-state index in [-0.39, 0.29) is 12.3 Å². The molecule has 0 fully saturated rings. The lowest BCUT2D eigenvalue weighted by Gasteiger charge is -2.20. The average molecular weight is 399 g/mol. The highest BCUT2D eigenvalue weighted by Gasteiger charge is 2.21. The number of hydrogen-bond acceptors (Lipinski definition) is 6. The third-order valence-corrected chi connectivity index (χ3v) is 5.87. The Hall–Kier alpha value is -2.64. The van der Waals surface area contributed by atoms with E-state index in [1.54, 1.807) is 33.8 Å². The number of rotatable bonds is 7. The lowest BCUT2D eigenvalue weighted by atomic mass is 10.2. The van der Waals surface area contributed by atoms with Gasteiger partial charge in [0.15, 0.2) is 0 Å². The first kappa shape index (κ1) is 17.8. The quantitative estimate of drug-likeness (QED) is 0.433. The van der Waals surface area contributed by atoms with Crippen LogP contribution in [0.5, 0.6) is 0 Å². The van der Waals surface area contributed by atoms with E-state index >= 15 is 0 Å². The Bertz CT molecular complexity index is 950. The average Bonchev–Trinajstić information content (AvgIpc) is 3.44. The van der Waals surface area contributed by atoms with Crippen molar-refractivity contribution in [3.8, 4) is 10.8 Å². The molecule has 0 bridgehead atoms. The number of thiophene rings is 2. The maximum Gasteiger partial charge on any atom is 0.236 e. The third-order valence-electron chi connectivity index (χ3n) is 4.15. The molecule has 0 radical (unpaired) electrons. The number of amides is 1. The minimum absolute atomic E-state index is 0.00562. The monoisotopic (exact) mass is 398 g/mol. The van der Waals surface area contributed by atoms with Crippen molar-refractivity contribution in [3.63, 3.8) is 0 Å². The molecule has 0 aliphatic carbocycles. The summed E-state index contributed by atoms with van der Waals surface area (Å²) < 4.78 is 11.2. The first-order chi connectivity index (χ1) is 13.2. The van der Waals surface area contributed by atoms with E-state index in [2.05, 4.69) is 4.98 Å². The summed E-state index contributed by atoms with van der Waals surface area (Å²) in [4.78, 5) is 21.5. The largest absolute Gasteiger partial charge is 0.467 e. The molecule has 0 aliphatic heterocycles. The molecule has 4 heterocycles. The van der Waals surface area contributed by atoms with Gasteiger partial charge in [0, 0.05) is 4.88 Å². The fourth-order valence-electron chi connectivity index (χ4n) is 2.77. The number of aryl methyl sites for hydroxylation is 1. The molecule has 0 spiro atoms. The predicted molar refractivity (Wildman–Crippen MR) is 106 cm³/mol. The number of nitrogens with zero attached hydrogens (tertiary/aromatic N) is 2. The maximum absolute atomic E-state index is 13.0. The van der Waals surface area contributed by atoms with Gasteiger partial charge in [-0.25, -0.2) is 4.98 Å². The van der Waals surface area contributed by atoms with E-state index in [0.717, 1.165) is 15.5 Å². The Kier molecular flexibility index (Phi) is 5.22. The topological polar surface area (TPSA) is 59.5 Å². The molecule has 1 amide bonds. The molecule has 27 heavy (non-hydrogen) atoms. The second-order valence-corrected chi connectivity index (χ2v) is 8.06. The van der Waals surface area contributed by atoms with Crippen molar-refractivity contribution in [1.29, 1.82) is 0 Å². The third kappa shape index (κ3) is 4.20. The number of aromatic nitrogens is 1. The number of carbonyl (C=O) groups excluding carboxylic acids is 1. The van der Waals surface area contributed by atoms with Gasteiger partial charge >= 0.3 is 0 Å². The molecule has 4 rings (SSSR count). The van der Waals surface area contributed by atoms with Crippen molar-refractivity contribution < 1.29 is 13.6 Å². The van der Waals surface area contributed by atoms with Crippen LogP contribution in [0.15, 0.2) is 62.3 Å². The molecular weight excluding hydrogens is 380 g/mol. The second-order valence-electron chi connectivity index (χ2n) is 6.08. The summed E-state index contributed by atoms with van der Waals surface area (Å²) in [5.41, 5.74) is 0.680. The van der Waals surface area contributed by atoms with Gasteiger partial charge in [-0.15, -0.1) is 22.7 Å². The van der Waals surface area contributed by atoms with Crippen LogP contribution in [0, 0.1) is 6.92 Å². The summed E-state index contributed by atoms with van der Waals surface area (Å²) in [6.07, 6.45) is 1.82. The summed E-state index contributed by atoms with van der Waals surface area (Å²) in [7, 11) is 0. The van der Waals surface area contributed by atoms with Crippen LogP contribution in [-0.4, -0.2) is 15.8 Å². The van der Waals surface area contributed by atoms with Crippen LogP contribution in [0.3, 0.4) is 0 Å². The van der Waals surface area contributed by atoms with E-state index in [1.807, 2.05) is 54.1 Å². The van der Waals surface area contributed by atoms with Crippen LogP contribution in [-0.2, 0) is 24.3 Å². The Balaban J connectivity index is 1.52. The summed E-state index contributed by atoms with van der Waals surface area (Å²) in [5.74, 6) is 2.01. The molecule has 5 nitrogen and oxygen atoms in total. The summed E-state index contributed by atoms with van der Waals surface area (Å²) in [6, 6.07) is 11.6. The van der Waals surface area contributed by atoms with Crippen molar-refractivity contribution in [2.45, 2.75) is 26.4 Å². The standard InChI is InChI=1S/C20H18N2O3S2/c1-14-17(21-20(25-14)18-7-4-10-27-18)11-19(23)22(12-15-5-2-8-24-15)13-16-6-3-9-26-16/h2-10H,11-13H2,1H3. The Morgan fingerprint density at radius 3 is 2.67 bits per heavy atom. The molecule has 0 aromatic carbocycles. The van der Waals surface area contributed by atoms with Crippen molar-refractivity contribution >= 4 is 28.6 Å². The van der Waals surface area contributed by atoms with Crippen molar-refractivity contribution in [2.24, 2.45) is 0 Å². The van der Waals surface area contributed by atoms with Gasteiger partial charge in [0.05, 0.1) is 36.3 Å². The molecule has 0 saturated heterocycles. The molecule has 0 N–H and O–H groups in total. The number of oxazole rings is 1. The van der Waals surface area contributed by atoms with Gasteiger partial charge in [0.2, 0.25) is 11.8 Å². The first-order valence-electron chi connectivity index (χ1n) is 8.52. The summed E-state index contributed by atoms with van der Waals surface area (Å²) >= 11 is 3.20. The van der Waals surface area contributed by atoms with E-state index in [1.165, 1.54) is 0 Å². The lowest BCUT2D eigenvalue weighted by Crippen LogP contribution is -2.31. The minimum atomic E-state index is -0.00562. The van der Waals surface area contributed by atoms with Gasteiger partial charge < -0.3 is 13.7 Å². The second kappa shape index (κ2) is 7.94. The Labute approximate surface area is 164 Å². The van der Waals surface area contributed by atoms with Crippen molar-refractivity contribution in [1.82, 2.24) is 9.88 Å². The molecule has 7 heteroatoms. The van der Waals surface area contributed by atoms with Crippen LogP contribution in [0.25, 0.3) is 10.8 Å². The van der Waals surface area contributed by atoms with E-state index < -0.39 is 0 Å². The van der Waals surface area contributed by atoms with Crippen LogP contribution >= 0.6 is 22.7 Å². The van der Waals surface area contributed by atoms with Crippen LogP contribution in [0.1, 0.15) is 22.1 Å². The smallest absolute Gasteiger partial charge is 0.236 e. The van der Waals surface area contributed by atoms with Crippen LogP contribution < -0.4 is 0 Å². The molecule has 0 atom stereocenters. The Morgan fingerprint density at radius 1 is 1.11 bits per heavy atom. The molecule has 138 valence electrons. The SMILES string of the molecule is Cc1oc(-c2cccs2)nc1CC(=O)N(Cc1ccco1)Cc1cccs1. The highest BCUT2D eigenvalue weighted by atomic mass is 32.1. The molecule has 0 saturated carbocycles. The first-order valence-corrected chi connectivity index (χ1v) is 10.3. The van der Waals surface area contributed by atoms with Crippen molar-refractivity contribution in [3.05, 3.63) is 75.5 Å². The zero-order valence-electron chi connectivity index (χ0n) is 14.8. The van der Waals surface area contributed by atoms with E-state index in [0.29, 0.717) is 30.4 Å². The fourth-order valence-corrected chi connectivity index (χ4v) is 4.13. The minimum Gasteiger partial charge on any atom is -0.467 e. The van der Waals surface area contributed by atoms with Crippen LogP contribution in [0.4, 0.5) is 0 Å². The summed E-state index contributed by atoms with van der Waals surface area (Å²) in [6.45, 7) is 2.83. The van der Waals surface area contributed by atoms with Crippen LogP contribution in [0.2, 0.25) is 0 Å². The highest BCUT2D eigenvalue weighted by molar-refractivity contribution is 7.13. The number of carbonyl (C=O) groups is 1. The lowest BCUT2D eigenvalue weighted by molar-refractivity contribution is -0.132. The Morgan fingerprint density at radius 2 is 1.96 bits per heavy atom. The van der Waals surface area contributed by atoms with E-state index in [4.69, 9.17) is 8.83 Å². The van der Waals surface area contributed by atoms with Gasteiger partial charge in [0.25, 0.3) is 0 Å². The van der Waals surface area contributed by atoms with Gasteiger partial charge in [-0.2, -0.15) is 0 Å². The molecular formula is C20H18N2O3S2. The predicted octanol–water partition coefficient (Wildman–Crippen LogP) is 5.14.